The predicted molar refractivity (Wildman–Crippen MR) is 106 cm³/mol. The highest BCUT2D eigenvalue weighted by Gasteiger charge is 2.35. The number of piperidine rings is 1. The maximum Gasteiger partial charge on any atom is 0.223 e. The summed E-state index contributed by atoms with van der Waals surface area (Å²) in [5.74, 6) is 1.07. The van der Waals surface area contributed by atoms with Gasteiger partial charge in [-0.2, -0.15) is 0 Å². The Bertz CT molecular complexity index is 466. The van der Waals surface area contributed by atoms with Crippen molar-refractivity contribution in [3.63, 3.8) is 0 Å². The molecule has 0 spiro atoms. The largest absolute Gasteiger partial charge is 0.343 e. The van der Waals surface area contributed by atoms with Gasteiger partial charge in [-0.3, -0.25) is 9.59 Å². The van der Waals surface area contributed by atoms with Crippen molar-refractivity contribution in [3.05, 3.63) is 0 Å². The molecule has 0 aromatic rings. The average Bonchev–Trinajstić information content (AvgIpc) is 3.18. The van der Waals surface area contributed by atoms with Crippen molar-refractivity contribution < 1.29 is 9.59 Å². The third kappa shape index (κ3) is 5.35. The summed E-state index contributed by atoms with van der Waals surface area (Å²) in [5, 5.41) is 0. The Morgan fingerprint density at radius 3 is 2.00 bits per heavy atom. The minimum Gasteiger partial charge on any atom is -0.343 e. The second-order valence-corrected chi connectivity index (χ2v) is 8.56. The van der Waals surface area contributed by atoms with Crippen LogP contribution in [0, 0.1) is 11.3 Å². The van der Waals surface area contributed by atoms with Crippen LogP contribution in [-0.2, 0) is 9.59 Å². The van der Waals surface area contributed by atoms with Crippen LogP contribution in [0.25, 0.3) is 0 Å². The van der Waals surface area contributed by atoms with Crippen molar-refractivity contribution in [2.75, 3.05) is 32.7 Å². The Kier molecular flexibility index (Phi) is 8.21. The number of nitrogens with zero attached hydrogens (tertiary/aromatic N) is 2. The molecule has 2 heterocycles. The van der Waals surface area contributed by atoms with Gasteiger partial charge in [0.15, 0.2) is 0 Å². The molecule has 6 heteroatoms. The minimum atomic E-state index is 0. The SMILES string of the molecule is Cl.NCC1(CC(=O)N2CCC(CC(=O)N3CCCC3)CC2)CCCCC1. The lowest BCUT2D eigenvalue weighted by molar-refractivity contribution is -0.136. The molecule has 3 fully saturated rings. The van der Waals surface area contributed by atoms with Crippen LogP contribution in [0.1, 0.15) is 70.6 Å². The zero-order valence-corrected chi connectivity index (χ0v) is 16.9. The second-order valence-electron chi connectivity index (χ2n) is 8.56. The summed E-state index contributed by atoms with van der Waals surface area (Å²) in [4.78, 5) is 29.1. The van der Waals surface area contributed by atoms with Crippen LogP contribution in [0.4, 0.5) is 0 Å². The third-order valence-corrected chi connectivity index (χ3v) is 6.76. The summed E-state index contributed by atoms with van der Waals surface area (Å²) >= 11 is 0. The number of rotatable bonds is 5. The normalized spacial score (nSPS) is 23.6. The molecule has 0 aromatic carbocycles. The van der Waals surface area contributed by atoms with E-state index in [-0.39, 0.29) is 23.7 Å². The maximum absolute atomic E-state index is 12.8. The standard InChI is InChI=1S/C20H35N3O2.ClH/c21-16-20(8-2-1-3-9-20)15-19(25)23-12-6-17(7-13-23)14-18(24)22-10-4-5-11-22;/h17H,1-16,21H2;1H. The van der Waals surface area contributed by atoms with E-state index in [4.69, 9.17) is 5.73 Å². The Morgan fingerprint density at radius 1 is 0.846 bits per heavy atom. The Morgan fingerprint density at radius 2 is 1.42 bits per heavy atom. The first-order valence-electron chi connectivity index (χ1n) is 10.4. The van der Waals surface area contributed by atoms with Crippen molar-refractivity contribution in [1.82, 2.24) is 9.80 Å². The van der Waals surface area contributed by atoms with E-state index in [0.29, 0.717) is 31.2 Å². The van der Waals surface area contributed by atoms with Crippen molar-refractivity contribution in [2.45, 2.75) is 70.6 Å². The van der Waals surface area contributed by atoms with E-state index in [1.807, 2.05) is 9.80 Å². The summed E-state index contributed by atoms with van der Waals surface area (Å²) in [6, 6.07) is 0. The fourth-order valence-corrected chi connectivity index (χ4v) is 4.92. The van der Waals surface area contributed by atoms with Gasteiger partial charge in [0.2, 0.25) is 11.8 Å². The molecule has 0 unspecified atom stereocenters. The lowest BCUT2D eigenvalue weighted by Gasteiger charge is -2.39. The zero-order valence-electron chi connectivity index (χ0n) is 16.1. The predicted octanol–water partition coefficient (Wildman–Crippen LogP) is 2.96. The molecule has 0 bridgehead atoms. The quantitative estimate of drug-likeness (QED) is 0.791. The van der Waals surface area contributed by atoms with Crippen LogP contribution < -0.4 is 5.73 Å². The number of amides is 2. The number of likely N-dealkylation sites (tertiary alicyclic amines) is 2. The molecule has 150 valence electrons. The van der Waals surface area contributed by atoms with E-state index in [1.165, 1.54) is 19.3 Å². The highest BCUT2D eigenvalue weighted by atomic mass is 35.5. The molecular weight excluding hydrogens is 350 g/mol. The highest BCUT2D eigenvalue weighted by molar-refractivity contribution is 5.85. The molecule has 26 heavy (non-hydrogen) atoms. The molecule has 3 rings (SSSR count). The van der Waals surface area contributed by atoms with Gasteiger partial charge in [-0.05, 0) is 56.4 Å². The Balaban J connectivity index is 0.00000243. The van der Waals surface area contributed by atoms with E-state index >= 15 is 0 Å². The smallest absolute Gasteiger partial charge is 0.223 e. The number of hydrogen-bond donors (Lipinski definition) is 1. The topological polar surface area (TPSA) is 66.6 Å². The van der Waals surface area contributed by atoms with Crippen LogP contribution in [-0.4, -0.2) is 54.3 Å². The fourth-order valence-electron chi connectivity index (χ4n) is 4.92. The van der Waals surface area contributed by atoms with Crippen LogP contribution >= 0.6 is 12.4 Å². The first kappa shape index (κ1) is 21.5. The molecule has 2 saturated heterocycles. The van der Waals surface area contributed by atoms with Crippen LogP contribution in [0.2, 0.25) is 0 Å². The molecule has 2 N–H and O–H groups in total. The lowest BCUT2D eigenvalue weighted by Crippen LogP contribution is -2.44. The van der Waals surface area contributed by atoms with Gasteiger partial charge < -0.3 is 15.5 Å². The number of nitrogens with two attached hydrogens (primary N) is 1. The lowest BCUT2D eigenvalue weighted by atomic mass is 9.71. The van der Waals surface area contributed by atoms with E-state index in [1.54, 1.807) is 0 Å². The summed E-state index contributed by atoms with van der Waals surface area (Å²) in [6.45, 7) is 4.16. The number of hydrogen-bond acceptors (Lipinski definition) is 3. The van der Waals surface area contributed by atoms with Gasteiger partial charge >= 0.3 is 0 Å². The fraction of sp³-hybridized carbons (Fsp3) is 0.900. The van der Waals surface area contributed by atoms with E-state index in [9.17, 15) is 9.59 Å². The molecule has 0 radical (unpaired) electrons. The van der Waals surface area contributed by atoms with Gasteiger partial charge in [-0.1, -0.05) is 19.3 Å². The summed E-state index contributed by atoms with van der Waals surface area (Å²) < 4.78 is 0. The van der Waals surface area contributed by atoms with E-state index in [0.717, 1.165) is 64.7 Å². The van der Waals surface area contributed by atoms with Gasteiger partial charge in [0.25, 0.3) is 0 Å². The first-order chi connectivity index (χ1) is 12.1. The third-order valence-electron chi connectivity index (χ3n) is 6.76. The Hall–Kier alpha value is -0.810. The van der Waals surface area contributed by atoms with Crippen LogP contribution in [0.5, 0.6) is 0 Å². The Labute approximate surface area is 164 Å². The van der Waals surface area contributed by atoms with Crippen LogP contribution in [0.15, 0.2) is 0 Å². The monoisotopic (exact) mass is 385 g/mol. The number of carbonyl (C=O) groups excluding carboxylic acids is 2. The van der Waals surface area contributed by atoms with Gasteiger partial charge in [0.05, 0.1) is 0 Å². The second kappa shape index (κ2) is 9.93. The molecule has 5 nitrogen and oxygen atoms in total. The molecule has 1 saturated carbocycles. The maximum atomic E-state index is 12.8. The van der Waals surface area contributed by atoms with Crippen molar-refractivity contribution in [1.29, 1.82) is 0 Å². The van der Waals surface area contributed by atoms with Crippen LogP contribution in [0.3, 0.4) is 0 Å². The number of carbonyl (C=O) groups is 2. The van der Waals surface area contributed by atoms with Crippen molar-refractivity contribution in [2.24, 2.45) is 17.1 Å². The molecule has 1 aliphatic carbocycles. The minimum absolute atomic E-state index is 0. The summed E-state index contributed by atoms with van der Waals surface area (Å²) in [7, 11) is 0. The zero-order chi connectivity index (χ0) is 17.7. The highest BCUT2D eigenvalue weighted by Crippen LogP contribution is 2.39. The summed E-state index contributed by atoms with van der Waals surface area (Å²) in [5.41, 5.74) is 6.09. The number of halogens is 1. The first-order valence-corrected chi connectivity index (χ1v) is 10.4. The molecular formula is C20H36ClN3O2. The van der Waals surface area contributed by atoms with Crippen molar-refractivity contribution >= 4 is 24.2 Å². The van der Waals surface area contributed by atoms with Gasteiger partial charge in [0, 0.05) is 39.0 Å². The van der Waals surface area contributed by atoms with Gasteiger partial charge in [-0.15, -0.1) is 12.4 Å². The summed E-state index contributed by atoms with van der Waals surface area (Å²) in [6.07, 6.45) is 11.5. The molecule has 2 amide bonds. The molecule has 3 aliphatic rings. The average molecular weight is 386 g/mol. The van der Waals surface area contributed by atoms with Gasteiger partial charge in [-0.25, -0.2) is 0 Å². The van der Waals surface area contributed by atoms with Crippen molar-refractivity contribution in [3.8, 4) is 0 Å². The van der Waals surface area contributed by atoms with E-state index in [2.05, 4.69) is 0 Å². The molecule has 0 atom stereocenters. The van der Waals surface area contributed by atoms with E-state index < -0.39 is 0 Å². The molecule has 0 aromatic heterocycles. The van der Waals surface area contributed by atoms with Gasteiger partial charge in [0.1, 0.15) is 0 Å². The molecule has 2 aliphatic heterocycles.